The average molecular weight is 1030 g/mol. The fraction of sp³-hybridized carbons (Fsp3) is 0.250. The van der Waals surface area contributed by atoms with Crippen LogP contribution in [-0.2, 0) is 0 Å². The van der Waals surface area contributed by atoms with E-state index in [0.29, 0.717) is 48.8 Å². The second-order valence-electron chi connectivity index (χ2n) is 19.9. The quantitative estimate of drug-likeness (QED) is 0.0402. The number of rotatable bonds is 19. The smallest absolute Gasteiger partial charge is 0.505 e. The fourth-order valence-electron chi connectivity index (χ4n) is 9.73. The fourth-order valence-corrected chi connectivity index (χ4v) is 9.73. The lowest BCUT2D eigenvalue weighted by atomic mass is 10.1. The van der Waals surface area contributed by atoms with Crippen molar-refractivity contribution in [1.29, 1.82) is 0 Å². The van der Waals surface area contributed by atoms with Crippen LogP contribution in [0.1, 0.15) is 56.3 Å². The molecule has 2 amide bonds. The van der Waals surface area contributed by atoms with Gasteiger partial charge >= 0.3 is 5.96 Å². The Balaban J connectivity index is 0.691. The Morgan fingerprint density at radius 3 is 1.61 bits per heavy atom. The van der Waals surface area contributed by atoms with Gasteiger partial charge in [-0.3, -0.25) is 14.5 Å². The van der Waals surface area contributed by atoms with E-state index in [1.165, 1.54) is 22.8 Å². The molecule has 17 nitrogen and oxygen atoms in total. The van der Waals surface area contributed by atoms with Gasteiger partial charge in [-0.2, -0.15) is 9.48 Å². The number of aromatic hydroxyl groups is 1. The average Bonchev–Trinajstić information content (AvgIpc) is 4.19. The number of benzene rings is 5. The largest absolute Gasteiger partial charge is 0.524 e. The molecule has 0 spiro atoms. The molecule has 394 valence electrons. The predicted molar refractivity (Wildman–Crippen MR) is 303 cm³/mol. The minimum atomic E-state index is -0.217. The zero-order valence-electron chi connectivity index (χ0n) is 45.1. The van der Waals surface area contributed by atoms with Crippen LogP contribution in [-0.4, -0.2) is 112 Å². The summed E-state index contributed by atoms with van der Waals surface area (Å²) in [6, 6.07) is 45.1. The van der Waals surface area contributed by atoms with Crippen molar-refractivity contribution in [2.24, 2.45) is 20.5 Å². The molecule has 0 fully saturated rings. The molecule has 77 heavy (non-hydrogen) atoms. The van der Waals surface area contributed by atoms with Crippen LogP contribution in [0.5, 0.6) is 5.75 Å². The number of guanidine groups is 1. The summed E-state index contributed by atoms with van der Waals surface area (Å²) in [5.74, 6) is 0.455. The highest BCUT2D eigenvalue weighted by molar-refractivity contribution is 5.97. The molecule has 2 aliphatic heterocycles. The van der Waals surface area contributed by atoms with Crippen LogP contribution >= 0.6 is 0 Å². The molecule has 5 N–H and O–H groups in total. The van der Waals surface area contributed by atoms with Crippen molar-refractivity contribution < 1.29 is 29.1 Å². The summed E-state index contributed by atoms with van der Waals surface area (Å²) in [6.07, 6.45) is 9.26. The number of phenolic OH excluding ortho intramolecular Hbond substituents is 1. The number of anilines is 4. The summed E-state index contributed by atoms with van der Waals surface area (Å²) < 4.78 is 6.33. The number of hydrogen-bond acceptors (Lipinski definition) is 10. The normalized spacial score (nSPS) is 16.1. The summed E-state index contributed by atoms with van der Waals surface area (Å²) in [5.41, 5.74) is 12.7. The van der Waals surface area contributed by atoms with Gasteiger partial charge in [-0.1, -0.05) is 0 Å². The Morgan fingerprint density at radius 1 is 0.610 bits per heavy atom. The van der Waals surface area contributed by atoms with Crippen molar-refractivity contribution in [1.82, 2.24) is 23.8 Å². The summed E-state index contributed by atoms with van der Waals surface area (Å²) in [6.45, 7) is 10.9. The molecule has 17 heteroatoms. The highest BCUT2D eigenvalue weighted by atomic mass is 16.3. The Labute approximate surface area is 450 Å². The van der Waals surface area contributed by atoms with Gasteiger partial charge in [0.1, 0.15) is 29.5 Å². The molecule has 0 bridgehead atoms. The van der Waals surface area contributed by atoms with Gasteiger partial charge in [0.05, 0.1) is 32.0 Å². The van der Waals surface area contributed by atoms with Gasteiger partial charge in [-0.15, -0.1) is 10.2 Å². The number of azo groups is 2. The molecule has 0 aliphatic carbocycles. The maximum atomic E-state index is 13.5. The molecular weight excluding hydrogens is 965 g/mol. The SMILES string of the molecule is Cc1ccc(C)n1-c1ccc(Nc2ccc(N=NC3N(C)C=C[NH+]3CCCN(C)C(=O)c3ccc(C(=O)N(C)CCC[NH+]4C=C[N+](C)=C4N=Nc4ccc(Nc5ccc(-n6c(C)ccc6C)cc5)cc4O)cc3)cc2)cc1. The Hall–Kier alpha value is -8.93. The molecule has 2 aromatic heterocycles. The first-order chi connectivity index (χ1) is 37.2. The molecule has 0 saturated heterocycles. The summed E-state index contributed by atoms with van der Waals surface area (Å²) in [4.78, 5) is 34.5. The van der Waals surface area contributed by atoms with Gasteiger partial charge in [0.25, 0.3) is 18.1 Å². The van der Waals surface area contributed by atoms with E-state index in [4.69, 9.17) is 5.11 Å². The second kappa shape index (κ2) is 23.7. The topological polar surface area (TPSA) is 159 Å². The van der Waals surface area contributed by atoms with Crippen molar-refractivity contribution in [3.05, 3.63) is 198 Å². The van der Waals surface area contributed by atoms with Crippen LogP contribution in [0.4, 0.5) is 34.1 Å². The predicted octanol–water partition coefficient (Wildman–Crippen LogP) is 9.14. The number of hydrogen-bond donors (Lipinski definition) is 5. The van der Waals surface area contributed by atoms with Crippen LogP contribution < -0.4 is 20.4 Å². The van der Waals surface area contributed by atoms with E-state index >= 15 is 0 Å². The first kappa shape index (κ1) is 52.9. The van der Waals surface area contributed by atoms with Crippen molar-refractivity contribution in [3.63, 3.8) is 0 Å². The monoisotopic (exact) mass is 1030 g/mol. The van der Waals surface area contributed by atoms with Gasteiger partial charge in [-0.05, 0) is 166 Å². The van der Waals surface area contributed by atoms with Crippen LogP contribution in [0.25, 0.3) is 11.4 Å². The van der Waals surface area contributed by atoms with E-state index < -0.39 is 0 Å². The third-order valence-corrected chi connectivity index (χ3v) is 14.1. The number of carbonyl (C=O) groups is 2. The zero-order valence-corrected chi connectivity index (χ0v) is 45.1. The first-order valence-electron chi connectivity index (χ1n) is 26.0. The molecule has 0 radical (unpaired) electrons. The lowest BCUT2D eigenvalue weighted by Crippen LogP contribution is -3.11. The minimum Gasteiger partial charge on any atom is -0.505 e. The summed E-state index contributed by atoms with van der Waals surface area (Å²) >= 11 is 0. The number of nitrogens with zero attached hydrogens (tertiary/aromatic N) is 10. The molecule has 9 rings (SSSR count). The third-order valence-electron chi connectivity index (χ3n) is 14.1. The van der Waals surface area contributed by atoms with Gasteiger partial charge in [0, 0.05) is 121 Å². The van der Waals surface area contributed by atoms with Crippen LogP contribution in [0.3, 0.4) is 0 Å². The third kappa shape index (κ3) is 12.6. The van der Waals surface area contributed by atoms with Gasteiger partial charge in [0.2, 0.25) is 0 Å². The molecule has 3 unspecified atom stereocenters. The molecule has 4 heterocycles. The number of nitrogens with one attached hydrogen (secondary N) is 4. The molecule has 5 aromatic carbocycles. The van der Waals surface area contributed by atoms with Gasteiger partial charge < -0.3 is 39.6 Å². The minimum absolute atomic E-state index is 0.00776. The second-order valence-corrected chi connectivity index (χ2v) is 19.9. The number of amides is 2. The molecule has 3 atom stereocenters. The lowest BCUT2D eigenvalue weighted by molar-refractivity contribution is -0.877. The Kier molecular flexibility index (Phi) is 16.3. The van der Waals surface area contributed by atoms with Crippen molar-refractivity contribution in [2.75, 3.05) is 65.0 Å². The molecule has 0 saturated carbocycles. The highest BCUT2D eigenvalue weighted by Crippen LogP contribution is 2.32. The van der Waals surface area contributed by atoms with E-state index in [9.17, 15) is 14.7 Å². The molecule has 2 aliphatic rings. The highest BCUT2D eigenvalue weighted by Gasteiger charge is 2.31. The van der Waals surface area contributed by atoms with Gasteiger partial charge in [0.15, 0.2) is 5.69 Å². The maximum absolute atomic E-state index is 13.5. The Bertz CT molecular complexity index is 3330. The van der Waals surface area contributed by atoms with E-state index in [2.05, 4.69) is 130 Å². The van der Waals surface area contributed by atoms with Crippen molar-refractivity contribution in [2.45, 2.75) is 46.8 Å². The van der Waals surface area contributed by atoms with Crippen LogP contribution in [0, 0.1) is 27.7 Å². The van der Waals surface area contributed by atoms with E-state index in [0.717, 1.165) is 62.6 Å². The van der Waals surface area contributed by atoms with Crippen molar-refractivity contribution in [3.8, 4) is 17.1 Å². The summed E-state index contributed by atoms with van der Waals surface area (Å²) in [5, 5.41) is 35.9. The molecule has 7 aromatic rings. The number of aryl methyl sites for hydroxylation is 4. The summed E-state index contributed by atoms with van der Waals surface area (Å²) in [7, 11) is 7.48. The lowest BCUT2D eigenvalue weighted by Gasteiger charge is -2.22. The Morgan fingerprint density at radius 2 is 1.09 bits per heavy atom. The maximum Gasteiger partial charge on any atom is 0.524 e. The number of quaternary nitrogens is 2. The molecular formula is C60H69N14O3+3. The van der Waals surface area contributed by atoms with E-state index in [1.807, 2.05) is 84.6 Å². The number of phenols is 1. The van der Waals surface area contributed by atoms with E-state index in [-0.39, 0.29) is 23.9 Å². The number of aromatic nitrogens is 2. The van der Waals surface area contributed by atoms with Crippen LogP contribution in [0.15, 0.2) is 185 Å². The van der Waals surface area contributed by atoms with Crippen molar-refractivity contribution >= 4 is 51.9 Å². The van der Waals surface area contributed by atoms with Crippen LogP contribution in [0.2, 0.25) is 0 Å². The van der Waals surface area contributed by atoms with Gasteiger partial charge in [-0.25, -0.2) is 0 Å². The standard InChI is InChI=1S/C60H66N14O3/c1-42-11-12-43(2)73(42)53-28-23-49(24-29-53)61-48-19-21-51(22-20-48)63-65-59-69(7)37-39-71(59)35-9-33-67(5)57(76)46-15-17-47(18-16-46)58(77)68(6)34-10-36-72-40-38-70(8)60(72)66-64-55-32-27-52(41-56(55)75)62-50-25-30-54(31-26-50)74-44(3)13-14-45(74)4/h11-32,37-41,59H,9-10,33-36H2,1-8H3,(H2,61,62,65,75)/p+3. The number of carbonyl (C=O) groups excluding carboxylic acids is 2. The zero-order chi connectivity index (χ0) is 54.2. The first-order valence-corrected chi connectivity index (χ1v) is 26.0. The van der Waals surface area contributed by atoms with E-state index in [1.54, 1.807) is 60.3 Å².